The number of carbonyl (C=O) groups excluding carboxylic acids is 2. The van der Waals surface area contributed by atoms with Crippen LogP contribution in [0.5, 0.6) is 11.5 Å². The summed E-state index contributed by atoms with van der Waals surface area (Å²) in [6.45, 7) is 4.31. The van der Waals surface area contributed by atoms with Crippen LogP contribution in [0.15, 0.2) is 42.5 Å². The summed E-state index contributed by atoms with van der Waals surface area (Å²) in [6, 6.07) is 11.6. The van der Waals surface area contributed by atoms with Crippen molar-refractivity contribution in [3.8, 4) is 11.5 Å². The largest absolute Gasteiger partial charge is 0.425 e. The molecule has 0 bridgehead atoms. The van der Waals surface area contributed by atoms with E-state index < -0.39 is 5.82 Å². The first-order chi connectivity index (χ1) is 17.0. The summed E-state index contributed by atoms with van der Waals surface area (Å²) in [5, 5.41) is 2.26. The minimum atomic E-state index is -0.446. The van der Waals surface area contributed by atoms with Crippen molar-refractivity contribution in [3.05, 3.63) is 48.3 Å². The highest BCUT2D eigenvalue weighted by molar-refractivity contribution is 6.12. The van der Waals surface area contributed by atoms with Crippen LogP contribution in [0.1, 0.15) is 90.9 Å². The van der Waals surface area contributed by atoms with E-state index in [1.54, 1.807) is 6.07 Å². The number of esters is 2. The second-order valence-corrected chi connectivity index (χ2v) is 9.17. The molecule has 0 aliphatic heterocycles. The zero-order valence-electron chi connectivity index (χ0n) is 21.0. The van der Waals surface area contributed by atoms with Gasteiger partial charge in [-0.1, -0.05) is 89.5 Å². The zero-order valence-corrected chi connectivity index (χ0v) is 21.0. The standard InChI is InChI=1S/C30H37FO4/c1-3-5-7-9-11-17-27(32)34-29-23-15-13-14-16-24(23)30(26-21-22(31)19-20-25(26)29)35-28(33)18-12-10-8-6-4-2/h13-16,19-21H,3-12,17-18H2,1-2H3. The molecule has 3 aromatic rings. The highest BCUT2D eigenvalue weighted by Crippen LogP contribution is 2.43. The summed E-state index contributed by atoms with van der Waals surface area (Å²) >= 11 is 0. The van der Waals surface area contributed by atoms with E-state index in [9.17, 15) is 14.0 Å². The monoisotopic (exact) mass is 480 g/mol. The average Bonchev–Trinajstić information content (AvgIpc) is 2.85. The summed E-state index contributed by atoms with van der Waals surface area (Å²) in [5.74, 6) is -0.400. The van der Waals surface area contributed by atoms with E-state index in [0.29, 0.717) is 45.9 Å². The minimum absolute atomic E-state index is 0.309. The first-order valence-corrected chi connectivity index (χ1v) is 13.1. The summed E-state index contributed by atoms with van der Waals surface area (Å²) in [5.41, 5.74) is 0. The number of unbranched alkanes of at least 4 members (excludes halogenated alkanes) is 8. The Kier molecular flexibility index (Phi) is 10.5. The molecule has 5 heteroatoms. The van der Waals surface area contributed by atoms with E-state index in [1.165, 1.54) is 12.1 Å². The predicted octanol–water partition coefficient (Wildman–Crippen LogP) is 8.66. The van der Waals surface area contributed by atoms with Gasteiger partial charge < -0.3 is 9.47 Å². The van der Waals surface area contributed by atoms with Gasteiger partial charge in [-0.15, -0.1) is 0 Å². The van der Waals surface area contributed by atoms with Gasteiger partial charge in [0.05, 0.1) is 0 Å². The van der Waals surface area contributed by atoms with Crippen molar-refractivity contribution < 1.29 is 23.5 Å². The SMILES string of the molecule is CCCCCCCC(=O)Oc1c2ccccc2c(OC(=O)CCCCCCC)c2cc(F)ccc12. The lowest BCUT2D eigenvalue weighted by molar-refractivity contribution is -0.135. The molecule has 0 heterocycles. The van der Waals surface area contributed by atoms with Crippen molar-refractivity contribution in [3.63, 3.8) is 0 Å². The van der Waals surface area contributed by atoms with E-state index in [2.05, 4.69) is 13.8 Å². The van der Waals surface area contributed by atoms with E-state index in [0.717, 1.165) is 64.2 Å². The molecular formula is C30H37FO4. The Labute approximate surface area is 207 Å². The maximum Gasteiger partial charge on any atom is 0.311 e. The fraction of sp³-hybridized carbons (Fsp3) is 0.467. The number of rotatable bonds is 14. The van der Waals surface area contributed by atoms with Gasteiger partial charge in [0.25, 0.3) is 0 Å². The molecule has 35 heavy (non-hydrogen) atoms. The van der Waals surface area contributed by atoms with Crippen LogP contribution in [-0.2, 0) is 9.59 Å². The molecule has 0 aromatic heterocycles. The summed E-state index contributed by atoms with van der Waals surface area (Å²) in [7, 11) is 0. The molecule has 0 spiro atoms. The van der Waals surface area contributed by atoms with Gasteiger partial charge in [0, 0.05) is 34.4 Å². The third-order valence-electron chi connectivity index (χ3n) is 6.29. The van der Waals surface area contributed by atoms with Crippen LogP contribution in [0.3, 0.4) is 0 Å². The van der Waals surface area contributed by atoms with Gasteiger partial charge in [0.2, 0.25) is 0 Å². The minimum Gasteiger partial charge on any atom is -0.425 e. The lowest BCUT2D eigenvalue weighted by atomic mass is 10.00. The van der Waals surface area contributed by atoms with Gasteiger partial charge >= 0.3 is 11.9 Å². The molecule has 0 atom stereocenters. The normalized spacial score (nSPS) is 11.2. The third-order valence-corrected chi connectivity index (χ3v) is 6.29. The third kappa shape index (κ3) is 7.51. The maximum absolute atomic E-state index is 14.3. The Morgan fingerprint density at radius 3 is 1.60 bits per heavy atom. The summed E-state index contributed by atoms with van der Waals surface area (Å²) in [6.07, 6.45) is 11.0. The number of benzene rings is 3. The molecule has 0 aliphatic carbocycles. The Bertz CT molecular complexity index is 1140. The number of ether oxygens (including phenoxy) is 2. The highest BCUT2D eigenvalue weighted by atomic mass is 19.1. The fourth-order valence-corrected chi connectivity index (χ4v) is 4.37. The number of hydrogen-bond donors (Lipinski definition) is 0. The van der Waals surface area contributed by atoms with Crippen molar-refractivity contribution >= 4 is 33.5 Å². The maximum atomic E-state index is 14.3. The van der Waals surface area contributed by atoms with E-state index in [1.807, 2.05) is 24.3 Å². The van der Waals surface area contributed by atoms with Crippen LogP contribution in [0.25, 0.3) is 21.5 Å². The molecule has 188 valence electrons. The molecule has 3 aromatic carbocycles. The van der Waals surface area contributed by atoms with Gasteiger partial charge in [-0.05, 0) is 31.0 Å². The van der Waals surface area contributed by atoms with Gasteiger partial charge in [-0.3, -0.25) is 9.59 Å². The van der Waals surface area contributed by atoms with Crippen molar-refractivity contribution in [2.75, 3.05) is 0 Å². The lowest BCUT2D eigenvalue weighted by Crippen LogP contribution is -2.11. The topological polar surface area (TPSA) is 52.6 Å². The molecule has 4 nitrogen and oxygen atoms in total. The number of fused-ring (bicyclic) bond motifs is 2. The van der Waals surface area contributed by atoms with Crippen LogP contribution in [0.4, 0.5) is 4.39 Å². The summed E-state index contributed by atoms with van der Waals surface area (Å²) in [4.78, 5) is 25.3. The zero-order chi connectivity index (χ0) is 25.0. The van der Waals surface area contributed by atoms with Crippen LogP contribution in [0.2, 0.25) is 0 Å². The van der Waals surface area contributed by atoms with Gasteiger partial charge in [-0.2, -0.15) is 0 Å². The number of hydrogen-bond acceptors (Lipinski definition) is 4. The van der Waals surface area contributed by atoms with E-state index in [-0.39, 0.29) is 11.9 Å². The summed E-state index contributed by atoms with van der Waals surface area (Å²) < 4.78 is 26.0. The molecule has 0 N–H and O–H groups in total. The Morgan fingerprint density at radius 1 is 0.629 bits per heavy atom. The smallest absolute Gasteiger partial charge is 0.311 e. The van der Waals surface area contributed by atoms with Crippen LogP contribution >= 0.6 is 0 Å². The first-order valence-electron chi connectivity index (χ1n) is 13.1. The number of halogens is 1. The molecule has 0 amide bonds. The number of carbonyl (C=O) groups is 2. The second kappa shape index (κ2) is 13.8. The van der Waals surface area contributed by atoms with Crippen LogP contribution in [0, 0.1) is 5.82 Å². The van der Waals surface area contributed by atoms with Crippen molar-refractivity contribution in [2.24, 2.45) is 0 Å². The molecule has 0 radical (unpaired) electrons. The quantitative estimate of drug-likeness (QED) is 0.100. The van der Waals surface area contributed by atoms with E-state index in [4.69, 9.17) is 9.47 Å². The van der Waals surface area contributed by atoms with Gasteiger partial charge in [0.1, 0.15) is 17.3 Å². The molecule has 0 saturated carbocycles. The van der Waals surface area contributed by atoms with Gasteiger partial charge in [0.15, 0.2) is 0 Å². The Balaban J connectivity index is 1.88. The predicted molar refractivity (Wildman–Crippen MR) is 139 cm³/mol. The molecule has 0 unspecified atom stereocenters. The second-order valence-electron chi connectivity index (χ2n) is 9.17. The van der Waals surface area contributed by atoms with Crippen molar-refractivity contribution in [2.45, 2.75) is 90.9 Å². The Hall–Kier alpha value is -2.95. The fourth-order valence-electron chi connectivity index (χ4n) is 4.37. The molecule has 0 saturated heterocycles. The van der Waals surface area contributed by atoms with Gasteiger partial charge in [-0.25, -0.2) is 4.39 Å². The van der Waals surface area contributed by atoms with Crippen LogP contribution in [-0.4, -0.2) is 11.9 Å². The first kappa shape index (κ1) is 26.7. The molecule has 0 aliphatic rings. The highest BCUT2D eigenvalue weighted by Gasteiger charge is 2.20. The lowest BCUT2D eigenvalue weighted by Gasteiger charge is -2.16. The van der Waals surface area contributed by atoms with Crippen molar-refractivity contribution in [1.82, 2.24) is 0 Å². The van der Waals surface area contributed by atoms with Crippen LogP contribution < -0.4 is 9.47 Å². The Morgan fingerprint density at radius 2 is 1.09 bits per heavy atom. The average molecular weight is 481 g/mol. The molecule has 0 fully saturated rings. The van der Waals surface area contributed by atoms with Crippen molar-refractivity contribution in [1.29, 1.82) is 0 Å². The molecular weight excluding hydrogens is 443 g/mol. The van der Waals surface area contributed by atoms with E-state index >= 15 is 0 Å². The molecule has 3 rings (SSSR count).